The SMILES string of the molecule is Cc1ccc(P(=O)(O)Nc2cc(-c3ccc(Cl)cc3)sc2C(=O)O)c(I)c1. The number of halogens is 2. The molecule has 0 amide bonds. The smallest absolute Gasteiger partial charge is 0.348 e. The van der Waals surface area contributed by atoms with Gasteiger partial charge in [0.15, 0.2) is 0 Å². The Morgan fingerprint density at radius 1 is 1.19 bits per heavy atom. The highest BCUT2D eigenvalue weighted by Crippen LogP contribution is 2.45. The second kappa shape index (κ2) is 7.93. The van der Waals surface area contributed by atoms with Gasteiger partial charge in [0.05, 0.1) is 11.0 Å². The van der Waals surface area contributed by atoms with Gasteiger partial charge in [-0.25, -0.2) is 4.79 Å². The van der Waals surface area contributed by atoms with E-state index < -0.39 is 13.5 Å². The van der Waals surface area contributed by atoms with E-state index in [0.717, 1.165) is 22.5 Å². The van der Waals surface area contributed by atoms with Gasteiger partial charge in [0, 0.05) is 13.5 Å². The number of benzene rings is 2. The first-order valence-corrected chi connectivity index (χ1v) is 11.6. The third-order valence-corrected chi connectivity index (χ3v) is 8.09. The van der Waals surface area contributed by atoms with Crippen LogP contribution in [0.2, 0.25) is 5.02 Å². The van der Waals surface area contributed by atoms with E-state index in [9.17, 15) is 19.4 Å². The summed E-state index contributed by atoms with van der Waals surface area (Å²) in [4.78, 5) is 22.8. The molecule has 0 aliphatic rings. The number of nitrogens with one attached hydrogen (secondary N) is 1. The number of carbonyl (C=O) groups is 1. The summed E-state index contributed by atoms with van der Waals surface area (Å²) in [5.74, 6) is -1.17. The van der Waals surface area contributed by atoms with Gasteiger partial charge >= 0.3 is 13.5 Å². The van der Waals surface area contributed by atoms with Gasteiger partial charge < -0.3 is 15.1 Å². The Morgan fingerprint density at radius 2 is 1.85 bits per heavy atom. The Bertz CT molecular complexity index is 1070. The third-order valence-electron chi connectivity index (χ3n) is 3.76. The van der Waals surface area contributed by atoms with Crippen LogP contribution in [-0.2, 0) is 4.57 Å². The summed E-state index contributed by atoms with van der Waals surface area (Å²) in [5.41, 5.74) is 1.85. The highest BCUT2D eigenvalue weighted by atomic mass is 127. The lowest BCUT2D eigenvalue weighted by Gasteiger charge is -2.16. The van der Waals surface area contributed by atoms with Crippen LogP contribution in [-0.4, -0.2) is 16.0 Å². The van der Waals surface area contributed by atoms with Crippen LogP contribution in [0.15, 0.2) is 48.5 Å². The average molecular weight is 534 g/mol. The maximum Gasteiger partial charge on any atom is 0.348 e. The summed E-state index contributed by atoms with van der Waals surface area (Å²) in [7, 11) is -4.01. The predicted molar refractivity (Wildman–Crippen MR) is 119 cm³/mol. The Balaban J connectivity index is 2.01. The lowest BCUT2D eigenvalue weighted by molar-refractivity contribution is 0.0703. The van der Waals surface area contributed by atoms with Crippen molar-refractivity contribution in [3.8, 4) is 10.4 Å². The standard InChI is InChI=1S/C18H14ClINO4PS/c1-10-2-7-15(13(20)8-10)26(24,25)21-14-9-16(27-17(14)18(22)23)11-3-5-12(19)6-4-11/h2-9H,1H3,(H,22,23)(H2,21,24,25). The fourth-order valence-corrected chi connectivity index (χ4v) is 6.54. The van der Waals surface area contributed by atoms with E-state index in [-0.39, 0.29) is 15.9 Å². The van der Waals surface area contributed by atoms with Crippen molar-refractivity contribution in [1.82, 2.24) is 0 Å². The minimum absolute atomic E-state index is 0.0312. The zero-order valence-electron chi connectivity index (χ0n) is 13.9. The molecule has 1 unspecified atom stereocenters. The van der Waals surface area contributed by atoms with Crippen molar-refractivity contribution in [2.45, 2.75) is 6.92 Å². The van der Waals surface area contributed by atoms with Crippen LogP contribution in [0.3, 0.4) is 0 Å². The van der Waals surface area contributed by atoms with Crippen LogP contribution in [0.25, 0.3) is 10.4 Å². The van der Waals surface area contributed by atoms with Crippen molar-refractivity contribution in [1.29, 1.82) is 0 Å². The molecular weight excluding hydrogens is 520 g/mol. The van der Waals surface area contributed by atoms with Gasteiger partial charge in [-0.15, -0.1) is 11.3 Å². The molecule has 9 heteroatoms. The number of aryl methyl sites for hydroxylation is 1. The molecule has 0 aliphatic heterocycles. The van der Waals surface area contributed by atoms with Crippen molar-refractivity contribution >= 4 is 70.0 Å². The predicted octanol–water partition coefficient (Wildman–Crippen LogP) is 5.60. The highest BCUT2D eigenvalue weighted by Gasteiger charge is 2.28. The minimum atomic E-state index is -4.01. The van der Waals surface area contributed by atoms with E-state index in [1.807, 2.05) is 29.5 Å². The summed E-state index contributed by atoms with van der Waals surface area (Å²) < 4.78 is 13.6. The van der Waals surface area contributed by atoms with Crippen LogP contribution in [0, 0.1) is 10.5 Å². The van der Waals surface area contributed by atoms with Gasteiger partial charge in [0.1, 0.15) is 4.88 Å². The number of aromatic carboxylic acids is 1. The van der Waals surface area contributed by atoms with E-state index in [0.29, 0.717) is 13.5 Å². The van der Waals surface area contributed by atoms with Crippen LogP contribution in [0.1, 0.15) is 15.2 Å². The molecule has 0 fully saturated rings. The minimum Gasteiger partial charge on any atom is -0.477 e. The average Bonchev–Trinajstić information content (AvgIpc) is 2.98. The van der Waals surface area contributed by atoms with E-state index >= 15 is 0 Å². The molecular formula is C18H14ClINO4PS. The monoisotopic (exact) mass is 533 g/mol. The van der Waals surface area contributed by atoms with E-state index in [2.05, 4.69) is 5.09 Å². The molecule has 5 nitrogen and oxygen atoms in total. The maximum absolute atomic E-state index is 12.9. The fourth-order valence-electron chi connectivity index (χ4n) is 2.47. The summed E-state index contributed by atoms with van der Waals surface area (Å²) in [5, 5.41) is 12.9. The van der Waals surface area contributed by atoms with Crippen LogP contribution >= 0.6 is 53.0 Å². The number of thiophene rings is 1. The first-order chi connectivity index (χ1) is 12.7. The van der Waals surface area contributed by atoms with Crippen molar-refractivity contribution in [3.63, 3.8) is 0 Å². The van der Waals surface area contributed by atoms with Crippen molar-refractivity contribution in [2.24, 2.45) is 0 Å². The number of carboxylic acid groups (broad SMARTS) is 1. The highest BCUT2D eigenvalue weighted by molar-refractivity contribution is 14.1. The van der Waals surface area contributed by atoms with E-state index in [1.165, 1.54) is 0 Å². The van der Waals surface area contributed by atoms with Gasteiger partial charge in [-0.2, -0.15) is 0 Å². The molecule has 0 saturated carbocycles. The van der Waals surface area contributed by atoms with Gasteiger partial charge in [0.25, 0.3) is 0 Å². The Kier molecular flexibility index (Phi) is 5.98. The lowest BCUT2D eigenvalue weighted by atomic mass is 10.2. The molecule has 0 aliphatic carbocycles. The first kappa shape index (κ1) is 20.4. The van der Waals surface area contributed by atoms with Crippen molar-refractivity contribution in [2.75, 3.05) is 5.09 Å². The molecule has 0 saturated heterocycles. The normalized spacial score (nSPS) is 13.2. The zero-order chi connectivity index (χ0) is 19.8. The van der Waals surface area contributed by atoms with Crippen LogP contribution in [0.5, 0.6) is 0 Å². The van der Waals surface area contributed by atoms with Crippen molar-refractivity contribution in [3.05, 3.63) is 67.6 Å². The summed E-state index contributed by atoms with van der Waals surface area (Å²) in [6.07, 6.45) is 0. The Labute approximate surface area is 178 Å². The number of hydrogen-bond donors (Lipinski definition) is 3. The molecule has 3 rings (SSSR count). The molecule has 0 spiro atoms. The molecule has 1 heterocycles. The number of carboxylic acids is 1. The van der Waals surface area contributed by atoms with E-state index in [1.54, 1.807) is 48.5 Å². The second-order valence-corrected chi connectivity index (χ2v) is 10.3. The molecule has 1 atom stereocenters. The Hall–Kier alpha value is -1.38. The number of hydrogen-bond acceptors (Lipinski definition) is 3. The second-order valence-electron chi connectivity index (χ2n) is 5.81. The molecule has 140 valence electrons. The number of rotatable bonds is 5. The summed E-state index contributed by atoms with van der Waals surface area (Å²) in [6.45, 7) is 1.89. The molecule has 1 aromatic heterocycles. The molecule has 2 aromatic carbocycles. The Morgan fingerprint density at radius 3 is 2.44 bits per heavy atom. The van der Waals surface area contributed by atoms with Gasteiger partial charge in [-0.1, -0.05) is 35.4 Å². The quantitative estimate of drug-likeness (QED) is 0.294. The number of anilines is 1. The van der Waals surface area contributed by atoms with E-state index in [4.69, 9.17) is 11.6 Å². The summed E-state index contributed by atoms with van der Waals surface area (Å²) in [6, 6.07) is 13.6. The fraction of sp³-hybridized carbons (Fsp3) is 0.0556. The van der Waals surface area contributed by atoms with Crippen LogP contribution < -0.4 is 10.4 Å². The molecule has 27 heavy (non-hydrogen) atoms. The van der Waals surface area contributed by atoms with Crippen LogP contribution in [0.4, 0.5) is 5.69 Å². The summed E-state index contributed by atoms with van der Waals surface area (Å²) >= 11 is 8.92. The van der Waals surface area contributed by atoms with Crippen molar-refractivity contribution < 1.29 is 19.4 Å². The molecule has 0 bridgehead atoms. The molecule has 0 radical (unpaired) electrons. The molecule has 3 N–H and O–H groups in total. The largest absolute Gasteiger partial charge is 0.477 e. The lowest BCUT2D eigenvalue weighted by Crippen LogP contribution is -2.15. The third kappa shape index (κ3) is 4.55. The van der Waals surface area contributed by atoms with Gasteiger partial charge in [-0.3, -0.25) is 4.57 Å². The van der Waals surface area contributed by atoms with Gasteiger partial charge in [0.2, 0.25) is 0 Å². The van der Waals surface area contributed by atoms with Gasteiger partial charge in [-0.05, 0) is 65.4 Å². The maximum atomic E-state index is 12.9. The zero-order valence-corrected chi connectivity index (χ0v) is 18.6. The molecule has 3 aromatic rings. The topological polar surface area (TPSA) is 86.6 Å². The first-order valence-electron chi connectivity index (χ1n) is 7.68.